The lowest BCUT2D eigenvalue weighted by molar-refractivity contribution is -0.134. The van der Waals surface area contributed by atoms with Crippen molar-refractivity contribution in [2.24, 2.45) is 11.8 Å². The van der Waals surface area contributed by atoms with Crippen LogP contribution < -0.4 is 0 Å². The molecule has 0 amide bonds. The van der Waals surface area contributed by atoms with Gasteiger partial charge >= 0.3 is 0 Å². The van der Waals surface area contributed by atoms with Gasteiger partial charge in [-0.3, -0.25) is 4.79 Å². The van der Waals surface area contributed by atoms with Crippen LogP contribution in [0.5, 0.6) is 0 Å². The third-order valence-corrected chi connectivity index (χ3v) is 3.15. The maximum Gasteiger partial charge on any atom is 0.300 e. The van der Waals surface area contributed by atoms with Crippen molar-refractivity contribution in [3.05, 3.63) is 0 Å². The number of halogens is 1. The van der Waals surface area contributed by atoms with E-state index in [-0.39, 0.29) is 0 Å². The normalized spacial score (nSPS) is 26.1. The summed E-state index contributed by atoms with van der Waals surface area (Å²) < 4.78 is 0. The van der Waals surface area contributed by atoms with Crippen molar-refractivity contribution >= 4 is 17.6 Å². The van der Waals surface area contributed by atoms with Crippen LogP contribution in [0.2, 0.25) is 0 Å². The van der Waals surface area contributed by atoms with Crippen LogP contribution in [0.1, 0.15) is 39.0 Å². The lowest BCUT2D eigenvalue weighted by Gasteiger charge is -2.20. The second-order valence-corrected chi connectivity index (χ2v) is 4.32. The van der Waals surface area contributed by atoms with E-state index in [1.807, 2.05) is 0 Å². The minimum Gasteiger partial charge on any atom is -0.481 e. The molecule has 2 N–H and O–H groups in total. The summed E-state index contributed by atoms with van der Waals surface area (Å²) >= 11 is 5.82. The number of hydrogen-bond acceptors (Lipinski definition) is 2. The molecule has 0 aliphatic heterocycles. The van der Waals surface area contributed by atoms with E-state index in [0.717, 1.165) is 12.8 Å². The number of carbonyl (C=O) groups is 1. The Kier molecular flexibility index (Phi) is 8.82. The summed E-state index contributed by atoms with van der Waals surface area (Å²) in [6.45, 7) is 1.41. The van der Waals surface area contributed by atoms with Gasteiger partial charge in [0, 0.05) is 19.4 Å². The van der Waals surface area contributed by atoms with Gasteiger partial charge in [0.1, 0.15) is 0 Å². The first-order valence-corrected chi connectivity index (χ1v) is 6.01. The van der Waals surface area contributed by atoms with Gasteiger partial charge < -0.3 is 10.2 Å². The van der Waals surface area contributed by atoms with Crippen molar-refractivity contribution < 1.29 is 15.0 Å². The molecule has 0 unspecified atom stereocenters. The van der Waals surface area contributed by atoms with Gasteiger partial charge in [-0.15, -0.1) is 11.6 Å². The zero-order chi connectivity index (χ0) is 11.7. The van der Waals surface area contributed by atoms with Gasteiger partial charge in [0.15, 0.2) is 0 Å². The molecule has 0 saturated heterocycles. The van der Waals surface area contributed by atoms with E-state index in [2.05, 4.69) is 0 Å². The molecule has 0 heterocycles. The van der Waals surface area contributed by atoms with E-state index >= 15 is 0 Å². The SMILES string of the molecule is CC(=O)O.OC[C@@H]1CCCCC[C@H]1CCl. The van der Waals surface area contributed by atoms with Crippen molar-refractivity contribution in [2.75, 3.05) is 12.5 Å². The van der Waals surface area contributed by atoms with Gasteiger partial charge in [0.2, 0.25) is 0 Å². The number of aliphatic hydroxyl groups is 1. The molecule has 1 fully saturated rings. The zero-order valence-electron chi connectivity index (χ0n) is 9.29. The molecule has 90 valence electrons. The van der Waals surface area contributed by atoms with Crippen molar-refractivity contribution in [2.45, 2.75) is 39.0 Å². The fraction of sp³-hybridized carbons (Fsp3) is 0.909. The number of aliphatic hydroxyl groups excluding tert-OH is 1. The predicted octanol–water partition coefficient (Wildman–Crippen LogP) is 2.50. The van der Waals surface area contributed by atoms with Crippen LogP contribution in [0.25, 0.3) is 0 Å². The molecular weight excluding hydrogens is 216 g/mol. The quantitative estimate of drug-likeness (QED) is 0.572. The summed E-state index contributed by atoms with van der Waals surface area (Å²) in [5, 5.41) is 16.5. The Hall–Kier alpha value is -0.280. The van der Waals surface area contributed by atoms with Crippen LogP contribution >= 0.6 is 11.6 Å². The Labute approximate surface area is 96.4 Å². The van der Waals surface area contributed by atoms with Crippen molar-refractivity contribution in [1.29, 1.82) is 0 Å². The summed E-state index contributed by atoms with van der Waals surface area (Å²) in [6, 6.07) is 0. The summed E-state index contributed by atoms with van der Waals surface area (Å²) in [5.74, 6) is 0.949. The number of alkyl halides is 1. The Morgan fingerprint density at radius 1 is 1.27 bits per heavy atom. The monoisotopic (exact) mass is 236 g/mol. The molecule has 0 bridgehead atoms. The minimum atomic E-state index is -0.833. The summed E-state index contributed by atoms with van der Waals surface area (Å²) in [6.07, 6.45) is 6.29. The maximum absolute atomic E-state index is 9.06. The molecule has 1 aliphatic carbocycles. The van der Waals surface area contributed by atoms with Gasteiger partial charge in [-0.25, -0.2) is 0 Å². The average Bonchev–Trinajstić information content (AvgIpc) is 2.40. The van der Waals surface area contributed by atoms with Crippen LogP contribution in [0.3, 0.4) is 0 Å². The number of carboxylic acid groups (broad SMARTS) is 1. The van der Waals surface area contributed by atoms with Crippen LogP contribution in [0, 0.1) is 11.8 Å². The number of rotatable bonds is 2. The first kappa shape index (κ1) is 14.7. The topological polar surface area (TPSA) is 57.5 Å². The highest BCUT2D eigenvalue weighted by molar-refractivity contribution is 6.18. The summed E-state index contributed by atoms with van der Waals surface area (Å²) in [7, 11) is 0. The van der Waals surface area contributed by atoms with Gasteiger partial charge in [-0.05, 0) is 24.7 Å². The van der Waals surface area contributed by atoms with Crippen LogP contribution in [0.4, 0.5) is 0 Å². The minimum absolute atomic E-state index is 0.331. The van der Waals surface area contributed by atoms with Gasteiger partial charge in [0.05, 0.1) is 0 Å². The molecule has 0 radical (unpaired) electrons. The highest BCUT2D eigenvalue weighted by Gasteiger charge is 2.21. The van der Waals surface area contributed by atoms with E-state index < -0.39 is 5.97 Å². The van der Waals surface area contributed by atoms with E-state index in [0.29, 0.717) is 18.4 Å². The predicted molar refractivity (Wildman–Crippen MR) is 61.2 cm³/mol. The molecule has 1 saturated carbocycles. The maximum atomic E-state index is 9.06. The first-order chi connectivity index (χ1) is 7.11. The second kappa shape index (κ2) is 8.98. The fourth-order valence-electron chi connectivity index (χ4n) is 1.90. The molecule has 0 spiro atoms. The fourth-order valence-corrected chi connectivity index (χ4v) is 2.31. The number of carboxylic acids is 1. The van der Waals surface area contributed by atoms with Crippen molar-refractivity contribution in [3.63, 3.8) is 0 Å². The molecule has 1 aliphatic rings. The lowest BCUT2D eigenvalue weighted by atomic mass is 9.90. The average molecular weight is 237 g/mol. The Morgan fingerprint density at radius 3 is 2.13 bits per heavy atom. The third kappa shape index (κ3) is 7.63. The Balaban J connectivity index is 0.000000423. The largest absolute Gasteiger partial charge is 0.481 e. The molecule has 0 aromatic heterocycles. The summed E-state index contributed by atoms with van der Waals surface area (Å²) in [4.78, 5) is 9.00. The van der Waals surface area contributed by atoms with E-state index in [1.165, 1.54) is 32.1 Å². The molecule has 0 aromatic rings. The number of hydrogen-bond donors (Lipinski definition) is 2. The highest BCUT2D eigenvalue weighted by atomic mass is 35.5. The van der Waals surface area contributed by atoms with E-state index in [9.17, 15) is 0 Å². The third-order valence-electron chi connectivity index (χ3n) is 2.75. The number of aliphatic carboxylic acids is 1. The van der Waals surface area contributed by atoms with Crippen LogP contribution in [0.15, 0.2) is 0 Å². The Morgan fingerprint density at radius 2 is 1.73 bits per heavy atom. The molecule has 3 nitrogen and oxygen atoms in total. The molecule has 4 heteroatoms. The van der Waals surface area contributed by atoms with Crippen molar-refractivity contribution in [1.82, 2.24) is 0 Å². The smallest absolute Gasteiger partial charge is 0.300 e. The van der Waals surface area contributed by atoms with Crippen molar-refractivity contribution in [3.8, 4) is 0 Å². The van der Waals surface area contributed by atoms with Crippen LogP contribution in [-0.4, -0.2) is 28.7 Å². The molecular formula is C11H21ClO3. The lowest BCUT2D eigenvalue weighted by Crippen LogP contribution is -2.18. The van der Waals surface area contributed by atoms with Crippen LogP contribution in [-0.2, 0) is 4.79 Å². The van der Waals surface area contributed by atoms with Gasteiger partial charge in [-0.2, -0.15) is 0 Å². The zero-order valence-corrected chi connectivity index (χ0v) is 10.0. The Bertz CT molecular complexity index is 157. The first-order valence-electron chi connectivity index (χ1n) is 5.48. The molecule has 1 rings (SSSR count). The molecule has 0 aromatic carbocycles. The highest BCUT2D eigenvalue weighted by Crippen LogP contribution is 2.29. The van der Waals surface area contributed by atoms with Gasteiger partial charge in [0.25, 0.3) is 5.97 Å². The van der Waals surface area contributed by atoms with Gasteiger partial charge in [-0.1, -0.05) is 19.3 Å². The van der Waals surface area contributed by atoms with E-state index in [4.69, 9.17) is 26.6 Å². The van der Waals surface area contributed by atoms with E-state index in [1.54, 1.807) is 0 Å². The summed E-state index contributed by atoms with van der Waals surface area (Å²) in [5.41, 5.74) is 0. The molecule has 15 heavy (non-hydrogen) atoms. The molecule has 2 atom stereocenters. The standard InChI is InChI=1S/C9H17ClO.C2H4O2/c10-6-8-4-2-1-3-5-9(8)7-11;1-2(3)4/h8-9,11H,1-7H2;1H3,(H,3,4)/t8-,9-;/m0./s1. The second-order valence-electron chi connectivity index (χ2n) is 4.01.